The van der Waals surface area contributed by atoms with Gasteiger partial charge >= 0.3 is 11.9 Å². The summed E-state index contributed by atoms with van der Waals surface area (Å²) in [5.41, 5.74) is 1.60. The summed E-state index contributed by atoms with van der Waals surface area (Å²) in [5.74, 6) is -1.48. The van der Waals surface area contributed by atoms with Crippen LogP contribution in [0.4, 0.5) is 11.4 Å². The molecule has 0 bridgehead atoms. The smallest absolute Gasteiger partial charge is 0.341 e. The Balaban J connectivity index is 1.69. The number of amides is 1. The number of rotatable bonds is 8. The summed E-state index contributed by atoms with van der Waals surface area (Å²) in [6.45, 7) is 0.647. The van der Waals surface area contributed by atoms with Gasteiger partial charge in [-0.2, -0.15) is 0 Å². The number of esters is 2. The van der Waals surface area contributed by atoms with Crippen molar-refractivity contribution in [3.63, 3.8) is 0 Å². The number of nitrogens with one attached hydrogen (secondary N) is 2. The molecule has 2 heterocycles. The van der Waals surface area contributed by atoms with E-state index >= 15 is 0 Å². The van der Waals surface area contributed by atoms with Gasteiger partial charge in [-0.3, -0.25) is 9.78 Å². The summed E-state index contributed by atoms with van der Waals surface area (Å²) in [7, 11) is 2.49. The first-order valence-corrected chi connectivity index (χ1v) is 12.2. The van der Waals surface area contributed by atoms with Gasteiger partial charge in [-0.15, -0.1) is 0 Å². The van der Waals surface area contributed by atoms with Crippen molar-refractivity contribution in [3.8, 4) is 5.75 Å². The predicted octanol–water partition coefficient (Wildman–Crippen LogP) is 0.874. The molecular weight excluding hydrogens is 526 g/mol. The van der Waals surface area contributed by atoms with Crippen LogP contribution in [0.5, 0.6) is 5.75 Å². The highest BCUT2D eigenvalue weighted by Crippen LogP contribution is 2.32. The summed E-state index contributed by atoms with van der Waals surface area (Å²) >= 11 is 0. The Labute approximate surface area is 228 Å². The summed E-state index contributed by atoms with van der Waals surface area (Å²) in [6, 6.07) is 10.1. The molecule has 1 aliphatic rings. The number of benzene rings is 2. The van der Waals surface area contributed by atoms with E-state index in [4.69, 9.17) is 18.9 Å². The molecule has 1 amide bonds. The number of carbonyl (C=O) groups is 3. The minimum Gasteiger partial charge on any atom is -0.465 e. The lowest BCUT2D eigenvalue weighted by Crippen LogP contribution is -2.65. The number of hydrogen-bond acceptors (Lipinski definition) is 12. The van der Waals surface area contributed by atoms with Gasteiger partial charge in [0, 0.05) is 30.3 Å². The second kappa shape index (κ2) is 12.3. The van der Waals surface area contributed by atoms with E-state index < -0.39 is 55.1 Å². The van der Waals surface area contributed by atoms with Crippen LogP contribution >= 0.6 is 0 Å². The highest BCUT2D eigenvalue weighted by molar-refractivity contribution is 6.07. The zero-order valence-electron chi connectivity index (χ0n) is 21.9. The number of pyridine rings is 1. The molecule has 4 rings (SSSR count). The first kappa shape index (κ1) is 28.7. The summed E-state index contributed by atoms with van der Waals surface area (Å²) < 4.78 is 21.3. The molecule has 5 N–H and O–H groups in total. The van der Waals surface area contributed by atoms with Crippen molar-refractivity contribution in [2.24, 2.45) is 0 Å². The molecule has 0 unspecified atom stereocenters. The van der Waals surface area contributed by atoms with Gasteiger partial charge in [-0.05, 0) is 30.3 Å². The number of hydrogen-bond donors (Lipinski definition) is 5. The summed E-state index contributed by atoms with van der Waals surface area (Å²) in [6.07, 6.45) is -3.99. The second-order valence-electron chi connectivity index (χ2n) is 8.97. The minimum absolute atomic E-state index is 0.104. The van der Waals surface area contributed by atoms with Crippen LogP contribution in [0, 0.1) is 0 Å². The molecule has 0 saturated carbocycles. The van der Waals surface area contributed by atoms with Crippen molar-refractivity contribution < 1.29 is 48.7 Å². The lowest BCUT2D eigenvalue weighted by Gasteiger charge is -2.42. The number of anilines is 2. The average molecular weight is 556 g/mol. The third kappa shape index (κ3) is 5.97. The number of fused-ring (bicyclic) bond motifs is 1. The number of nitrogens with zero attached hydrogens (tertiary/aromatic N) is 1. The topological polar surface area (TPSA) is 186 Å². The Morgan fingerprint density at radius 1 is 1.02 bits per heavy atom. The van der Waals surface area contributed by atoms with E-state index in [9.17, 15) is 29.7 Å². The fourth-order valence-electron chi connectivity index (χ4n) is 4.33. The fraction of sp³-hybridized carbons (Fsp3) is 0.333. The van der Waals surface area contributed by atoms with Crippen LogP contribution in [0.25, 0.3) is 10.9 Å². The molecule has 0 radical (unpaired) electrons. The first-order chi connectivity index (χ1) is 19.2. The zero-order valence-corrected chi connectivity index (χ0v) is 21.9. The molecule has 13 heteroatoms. The highest BCUT2D eigenvalue weighted by atomic mass is 16.7. The van der Waals surface area contributed by atoms with Crippen molar-refractivity contribution in [2.45, 2.75) is 37.6 Å². The van der Waals surface area contributed by atoms with Crippen LogP contribution < -0.4 is 15.4 Å². The predicted molar refractivity (Wildman–Crippen MR) is 140 cm³/mol. The third-order valence-electron chi connectivity index (χ3n) is 6.30. The summed E-state index contributed by atoms with van der Waals surface area (Å²) in [5, 5.41) is 36.5. The van der Waals surface area contributed by atoms with Crippen molar-refractivity contribution in [1.29, 1.82) is 0 Å². The Morgan fingerprint density at radius 2 is 1.77 bits per heavy atom. The van der Waals surface area contributed by atoms with Crippen LogP contribution in [-0.2, 0) is 19.0 Å². The number of aliphatic hydroxyl groups is 3. The molecule has 1 aliphatic heterocycles. The van der Waals surface area contributed by atoms with Gasteiger partial charge in [0.25, 0.3) is 0 Å². The molecule has 2 aromatic carbocycles. The van der Waals surface area contributed by atoms with Gasteiger partial charge in [-0.25, -0.2) is 9.59 Å². The van der Waals surface area contributed by atoms with E-state index in [0.717, 1.165) is 0 Å². The Morgan fingerprint density at radius 3 is 2.45 bits per heavy atom. The van der Waals surface area contributed by atoms with Crippen LogP contribution in [0.2, 0.25) is 0 Å². The van der Waals surface area contributed by atoms with Crippen molar-refractivity contribution in [2.75, 3.05) is 26.1 Å². The van der Waals surface area contributed by atoms with Gasteiger partial charge in [-0.1, -0.05) is 6.07 Å². The van der Waals surface area contributed by atoms with E-state index in [1.54, 1.807) is 42.5 Å². The Kier molecular flexibility index (Phi) is 8.80. The first-order valence-electron chi connectivity index (χ1n) is 12.2. The average Bonchev–Trinajstić information content (AvgIpc) is 2.96. The number of aromatic nitrogens is 1. The van der Waals surface area contributed by atoms with Gasteiger partial charge < -0.3 is 44.9 Å². The highest BCUT2D eigenvalue weighted by Gasteiger charge is 2.46. The Bertz CT molecular complexity index is 1410. The lowest BCUT2D eigenvalue weighted by molar-refractivity contribution is -0.244. The van der Waals surface area contributed by atoms with Gasteiger partial charge in [0.15, 0.2) is 0 Å². The number of methoxy groups -OCH3 is 2. The molecule has 40 heavy (non-hydrogen) atoms. The van der Waals surface area contributed by atoms with Gasteiger partial charge in [0.2, 0.25) is 12.2 Å². The zero-order chi connectivity index (χ0) is 29.0. The fourth-order valence-corrected chi connectivity index (χ4v) is 4.33. The van der Waals surface area contributed by atoms with E-state index in [1.807, 2.05) is 0 Å². The van der Waals surface area contributed by atoms with Crippen LogP contribution in [0.1, 0.15) is 27.6 Å². The molecule has 0 spiro atoms. The number of ether oxygens (including phenoxy) is 4. The van der Waals surface area contributed by atoms with E-state index in [0.29, 0.717) is 22.3 Å². The van der Waals surface area contributed by atoms with Gasteiger partial charge in [0.05, 0.1) is 37.6 Å². The molecule has 1 saturated heterocycles. The van der Waals surface area contributed by atoms with Crippen molar-refractivity contribution in [3.05, 3.63) is 59.8 Å². The largest absolute Gasteiger partial charge is 0.465 e. The SMILES string of the molecule is COC(=O)c1ccc2ncc(C(=O)OC)c(Nc3cccc(O[C@@H]4O[C@H](CO)[C@H](O)[C@H](O)[C@@H]4NC(C)=O)c3)c2c1. The minimum atomic E-state index is -1.48. The Hall–Kier alpha value is -4.30. The van der Waals surface area contributed by atoms with Crippen molar-refractivity contribution in [1.82, 2.24) is 10.3 Å². The summed E-state index contributed by atoms with van der Waals surface area (Å²) in [4.78, 5) is 40.8. The third-order valence-corrected chi connectivity index (χ3v) is 6.30. The molecule has 212 valence electrons. The van der Waals surface area contributed by atoms with Gasteiger partial charge in [0.1, 0.15) is 35.7 Å². The lowest BCUT2D eigenvalue weighted by atomic mass is 9.97. The molecular formula is C27H29N3O10. The van der Waals surface area contributed by atoms with E-state index in [2.05, 4.69) is 15.6 Å². The number of aliphatic hydroxyl groups excluding tert-OH is 3. The maximum Gasteiger partial charge on any atom is 0.341 e. The van der Waals surface area contributed by atoms with Crippen LogP contribution in [0.15, 0.2) is 48.7 Å². The molecule has 1 aromatic heterocycles. The van der Waals surface area contributed by atoms with E-state index in [1.165, 1.54) is 27.3 Å². The molecule has 3 aromatic rings. The maximum atomic E-state index is 12.6. The quantitative estimate of drug-likeness (QED) is 0.247. The van der Waals surface area contributed by atoms with Crippen LogP contribution in [-0.4, -0.2) is 89.6 Å². The molecule has 13 nitrogen and oxygen atoms in total. The molecule has 0 aliphatic carbocycles. The molecule has 5 atom stereocenters. The normalized spacial score (nSPS) is 22.3. The second-order valence-corrected chi connectivity index (χ2v) is 8.97. The van der Waals surface area contributed by atoms with Crippen molar-refractivity contribution >= 4 is 40.1 Å². The van der Waals surface area contributed by atoms with E-state index in [-0.39, 0.29) is 16.9 Å². The molecule has 1 fully saturated rings. The monoisotopic (exact) mass is 555 g/mol. The maximum absolute atomic E-state index is 12.6. The number of carbonyl (C=O) groups excluding carboxylic acids is 3. The standard InChI is InChI=1S/C27H29N3O10/c1-13(32)29-22-24(34)23(33)20(12-31)40-27(22)39-16-6-4-5-15(10-16)30-21-17-9-14(25(35)37-2)7-8-19(17)28-11-18(21)26(36)38-3/h4-11,20,22-24,27,31,33-34H,12H2,1-3H3,(H,28,30)(H,29,32)/t20-,22+,23+,24-,27-/m1/s1. The van der Waals surface area contributed by atoms with Crippen LogP contribution in [0.3, 0.4) is 0 Å².